The number of carbonyl (C=O) groups excluding carboxylic acids is 12. The number of hydrogen-bond acceptors (Lipinski definition) is 17. The number of benzene rings is 3. The van der Waals surface area contributed by atoms with Crippen molar-refractivity contribution in [2.45, 2.75) is 216 Å². The van der Waals surface area contributed by atoms with Gasteiger partial charge >= 0.3 is 11.9 Å². The van der Waals surface area contributed by atoms with E-state index in [4.69, 9.17) is 17.2 Å². The molecule has 3 aromatic rings. The first-order chi connectivity index (χ1) is 49.7. The quantitative estimate of drug-likeness (QED) is 0.0309. The monoisotopic (exact) mass is 1450 g/mol. The van der Waals surface area contributed by atoms with Crippen LogP contribution in [0.2, 0.25) is 0 Å². The molecular formula is C73H105N15O16. The molecule has 0 aliphatic carbocycles. The van der Waals surface area contributed by atoms with Crippen LogP contribution in [-0.4, -0.2) is 208 Å². The lowest BCUT2D eigenvalue weighted by molar-refractivity contribution is -0.143. The van der Waals surface area contributed by atoms with Gasteiger partial charge in [0.1, 0.15) is 66.5 Å². The first-order valence-corrected chi connectivity index (χ1v) is 36.0. The molecule has 6 rings (SSSR count). The van der Waals surface area contributed by atoms with Crippen molar-refractivity contribution < 1.29 is 77.3 Å². The minimum absolute atomic E-state index is 0.0273. The second-order valence-electron chi connectivity index (χ2n) is 27.5. The molecule has 3 aromatic carbocycles. The van der Waals surface area contributed by atoms with E-state index in [1.165, 1.54) is 9.80 Å². The summed E-state index contributed by atoms with van der Waals surface area (Å²) in [5.74, 6) is -13.5. The van der Waals surface area contributed by atoms with E-state index in [-0.39, 0.29) is 83.3 Å². The third kappa shape index (κ3) is 25.8. The van der Waals surface area contributed by atoms with Gasteiger partial charge in [-0.3, -0.25) is 62.3 Å². The van der Waals surface area contributed by atoms with Gasteiger partial charge < -0.3 is 90.4 Å². The molecule has 0 radical (unpaired) electrons. The highest BCUT2D eigenvalue weighted by Crippen LogP contribution is 2.24. The number of nitrogens with zero attached hydrogens (tertiary/aromatic N) is 2. The largest absolute Gasteiger partial charge is 0.481 e. The van der Waals surface area contributed by atoms with E-state index in [0.29, 0.717) is 68.3 Å². The Labute approximate surface area is 605 Å². The number of nitrogens with one attached hydrogen (secondary N) is 10. The predicted octanol–water partition coefficient (Wildman–Crippen LogP) is -0.794. The van der Waals surface area contributed by atoms with Crippen LogP contribution in [-0.2, 0) is 86.4 Å². The first kappa shape index (κ1) is 83.1. The zero-order valence-corrected chi connectivity index (χ0v) is 59.7. The Morgan fingerprint density at radius 1 is 0.452 bits per heavy atom. The maximum Gasteiger partial charge on any atom is 0.326 e. The summed E-state index contributed by atoms with van der Waals surface area (Å²) in [4.78, 5) is 198. The summed E-state index contributed by atoms with van der Waals surface area (Å²) in [6, 6.07) is 10.3. The number of unbranched alkanes of at least 4 members (excludes halogenated alkanes) is 2. The van der Waals surface area contributed by atoms with Crippen molar-refractivity contribution in [3.63, 3.8) is 0 Å². The third-order valence-corrected chi connectivity index (χ3v) is 18.7. The van der Waals surface area contributed by atoms with Crippen molar-refractivity contribution >= 4 is 82.8 Å². The Morgan fingerprint density at radius 3 is 1.32 bits per heavy atom. The summed E-state index contributed by atoms with van der Waals surface area (Å²) < 4.78 is 0. The van der Waals surface area contributed by atoms with Crippen LogP contribution in [0.15, 0.2) is 91.0 Å². The molecule has 3 heterocycles. The Bertz CT molecular complexity index is 3420. The van der Waals surface area contributed by atoms with Gasteiger partial charge in [0.2, 0.25) is 70.9 Å². The predicted molar refractivity (Wildman–Crippen MR) is 382 cm³/mol. The van der Waals surface area contributed by atoms with Crippen molar-refractivity contribution in [2.75, 3.05) is 32.7 Å². The van der Waals surface area contributed by atoms with Crippen molar-refractivity contribution in [3.05, 3.63) is 108 Å². The second-order valence-corrected chi connectivity index (χ2v) is 27.5. The molecular weight excluding hydrogens is 1340 g/mol. The molecule has 0 aromatic heterocycles. The summed E-state index contributed by atoms with van der Waals surface area (Å²) in [5.41, 5.74) is 19.2. The van der Waals surface area contributed by atoms with E-state index >= 15 is 0 Å². The molecule has 12 atom stereocenters. The van der Waals surface area contributed by atoms with Crippen LogP contribution in [0.4, 0.5) is 0 Å². The van der Waals surface area contributed by atoms with Gasteiger partial charge in [0, 0.05) is 38.8 Å². The number of likely N-dealkylation sites (tertiary alicyclic amines) is 2. The van der Waals surface area contributed by atoms with Gasteiger partial charge in [-0.25, -0.2) is 4.79 Å². The van der Waals surface area contributed by atoms with Gasteiger partial charge in [-0.2, -0.15) is 0 Å². The van der Waals surface area contributed by atoms with Crippen molar-refractivity contribution in [3.8, 4) is 0 Å². The minimum atomic E-state index is -1.78. The number of carboxylic acids is 2. The Kier molecular flexibility index (Phi) is 33.6. The molecule has 12 amide bonds. The zero-order chi connectivity index (χ0) is 76.0. The number of nitrogens with two attached hydrogens (primary N) is 3. The zero-order valence-electron chi connectivity index (χ0n) is 59.7. The number of aliphatic carboxylic acids is 2. The summed E-state index contributed by atoms with van der Waals surface area (Å²) in [6.45, 7) is 7.92. The highest BCUT2D eigenvalue weighted by Gasteiger charge is 2.43. The second kappa shape index (κ2) is 42.0. The Morgan fingerprint density at radius 2 is 0.846 bits per heavy atom. The topological polar surface area (TPSA) is 484 Å². The van der Waals surface area contributed by atoms with E-state index in [2.05, 4.69) is 53.2 Å². The number of carboxylic acid groups (broad SMARTS) is 2. The fourth-order valence-electron chi connectivity index (χ4n) is 13.0. The summed E-state index contributed by atoms with van der Waals surface area (Å²) in [5, 5.41) is 46.9. The van der Waals surface area contributed by atoms with Crippen molar-refractivity contribution in [1.82, 2.24) is 63.0 Å². The molecule has 18 N–H and O–H groups in total. The van der Waals surface area contributed by atoms with Crippen LogP contribution >= 0.6 is 0 Å². The standard InChI is InChI=1S/C73H105N15O16/c1-43(2)60(85-63(93)49(32-33-59(90)91)78-67(97)56-30-19-37-87(56)71(101)50-29-18-36-77-50)69(99)79-48(27-14-16-34-74)62(92)81-52(39-45-21-8-5-9-22-45)64(94)82-54(42-58(76)89)65(95)80-51(28-15-17-35-75)72(102)88-38-20-31-57(88)68(98)83-53(40-46-23-10-6-11-24-46)66(96)86-61(44(3)4)70(100)84-55(73(103)104)41-47-25-12-7-13-26-47/h5-13,21-26,43-44,48-57,60-61,77H,14-20,27-42,74-75H2,1-4H3,(H2,76,89)(H,78,97)(H,79,99)(H,80,95)(H,81,92)(H,82,94)(H,83,98)(H,84,100)(H,85,93)(H,86,96)(H,90,91)(H,103,104)/t48-,49-,50-,51-,52-,53-,54-,55-,56-,57-,60-,61-/m0/s1. The van der Waals surface area contributed by atoms with E-state index in [9.17, 15) is 77.3 Å². The van der Waals surface area contributed by atoms with E-state index in [1.807, 2.05) is 0 Å². The Balaban J connectivity index is 1.19. The molecule has 3 aliphatic heterocycles. The summed E-state index contributed by atoms with van der Waals surface area (Å²) in [6.07, 6.45) is 1.84. The SMILES string of the molecule is CC(C)[C@H](NC(=O)[C@H](Cc1ccccc1)NC(=O)[C@@H]1CCCN1C(=O)[C@H](CCCCN)NC(=O)[C@H](CC(N)=O)NC(=O)[C@H](Cc1ccccc1)NC(=O)[C@H](CCCCN)NC(=O)[C@@H](NC(=O)[C@H](CCC(=O)O)NC(=O)[C@@H]1CCCN1C(=O)[C@@H]1CCCN1)C(C)C)C(=O)N[C@@H](Cc1ccccc1)C(=O)O. The van der Waals surface area contributed by atoms with Gasteiger partial charge in [-0.1, -0.05) is 119 Å². The molecule has 0 unspecified atom stereocenters. The van der Waals surface area contributed by atoms with Gasteiger partial charge in [-0.15, -0.1) is 0 Å². The molecule has 104 heavy (non-hydrogen) atoms. The third-order valence-electron chi connectivity index (χ3n) is 18.7. The molecule has 3 saturated heterocycles. The highest BCUT2D eigenvalue weighted by atomic mass is 16.4. The first-order valence-electron chi connectivity index (χ1n) is 36.0. The molecule has 31 heteroatoms. The number of rotatable bonds is 42. The smallest absolute Gasteiger partial charge is 0.326 e. The van der Waals surface area contributed by atoms with Crippen LogP contribution in [0.1, 0.15) is 141 Å². The van der Waals surface area contributed by atoms with Gasteiger partial charge in [0.15, 0.2) is 0 Å². The van der Waals surface area contributed by atoms with E-state index in [1.54, 1.807) is 119 Å². The maximum atomic E-state index is 14.9. The van der Waals surface area contributed by atoms with Crippen LogP contribution in [0, 0.1) is 11.8 Å². The van der Waals surface area contributed by atoms with Crippen LogP contribution in [0.25, 0.3) is 0 Å². The summed E-state index contributed by atoms with van der Waals surface area (Å²) in [7, 11) is 0. The van der Waals surface area contributed by atoms with Crippen molar-refractivity contribution in [1.29, 1.82) is 0 Å². The molecule has 0 spiro atoms. The van der Waals surface area contributed by atoms with Crippen LogP contribution in [0.5, 0.6) is 0 Å². The normalized spacial score (nSPS) is 18.2. The van der Waals surface area contributed by atoms with Crippen LogP contribution in [0.3, 0.4) is 0 Å². The number of hydrogen-bond donors (Lipinski definition) is 15. The van der Waals surface area contributed by atoms with E-state index in [0.717, 1.165) is 6.42 Å². The van der Waals surface area contributed by atoms with Crippen LogP contribution < -0.4 is 70.4 Å². The molecule has 0 saturated carbocycles. The highest BCUT2D eigenvalue weighted by molar-refractivity contribution is 6.00. The van der Waals surface area contributed by atoms with Gasteiger partial charge in [-0.05, 0) is 132 Å². The average Bonchev–Trinajstić information content (AvgIpc) is 1.57. The molecule has 0 bridgehead atoms. The summed E-state index contributed by atoms with van der Waals surface area (Å²) >= 11 is 0. The average molecular weight is 1450 g/mol. The molecule has 568 valence electrons. The fourth-order valence-corrected chi connectivity index (χ4v) is 13.0. The number of primary amides is 1. The van der Waals surface area contributed by atoms with Gasteiger partial charge in [0.25, 0.3) is 0 Å². The minimum Gasteiger partial charge on any atom is -0.481 e. The van der Waals surface area contributed by atoms with Gasteiger partial charge in [0.05, 0.1) is 12.5 Å². The molecule has 3 fully saturated rings. The molecule has 31 nitrogen and oxygen atoms in total. The molecule has 3 aliphatic rings. The lowest BCUT2D eigenvalue weighted by Crippen LogP contribution is -2.61. The van der Waals surface area contributed by atoms with Crippen molar-refractivity contribution in [2.24, 2.45) is 29.0 Å². The fraction of sp³-hybridized carbons (Fsp3) is 0.562. The Hall–Kier alpha value is -9.88. The number of carbonyl (C=O) groups is 14. The van der Waals surface area contributed by atoms with E-state index < -0.39 is 174 Å². The lowest BCUT2D eigenvalue weighted by atomic mass is 9.99. The maximum absolute atomic E-state index is 14.9. The number of amides is 12. The lowest BCUT2D eigenvalue weighted by Gasteiger charge is -2.31.